The fraction of sp³-hybridized carbons (Fsp3) is 0.130. The van der Waals surface area contributed by atoms with Crippen LogP contribution in [-0.2, 0) is 11.3 Å². The summed E-state index contributed by atoms with van der Waals surface area (Å²) in [6, 6.07) is 28.4. The van der Waals surface area contributed by atoms with E-state index in [0.29, 0.717) is 17.9 Å². The zero-order valence-electron chi connectivity index (χ0n) is 15.6. The summed E-state index contributed by atoms with van der Waals surface area (Å²) >= 11 is 0. The van der Waals surface area contributed by atoms with Gasteiger partial charge < -0.3 is 4.74 Å². The third-order valence-electron chi connectivity index (χ3n) is 4.14. The molecule has 28 heavy (non-hydrogen) atoms. The van der Waals surface area contributed by atoms with Crippen molar-refractivity contribution in [1.29, 1.82) is 5.26 Å². The third kappa shape index (κ3) is 5.12. The van der Waals surface area contributed by atoms with Gasteiger partial charge in [-0.05, 0) is 42.8 Å². The highest BCUT2D eigenvalue weighted by Gasteiger charge is 2.18. The first-order chi connectivity index (χ1) is 13.7. The van der Waals surface area contributed by atoms with Gasteiger partial charge in [0.15, 0.2) is 6.10 Å². The molecule has 0 heterocycles. The molecule has 0 aliphatic rings. The first-order valence-electron chi connectivity index (χ1n) is 8.99. The summed E-state index contributed by atoms with van der Waals surface area (Å²) in [5.41, 5.74) is 5.37. The van der Waals surface area contributed by atoms with Crippen LogP contribution in [0.5, 0.6) is 5.75 Å². The summed E-state index contributed by atoms with van der Waals surface area (Å²) in [6.07, 6.45) is -0.726. The van der Waals surface area contributed by atoms with Gasteiger partial charge in [-0.15, -0.1) is 0 Å². The summed E-state index contributed by atoms with van der Waals surface area (Å²) in [5.74, 6) is 0.207. The lowest BCUT2D eigenvalue weighted by Gasteiger charge is -2.27. The minimum atomic E-state index is -0.726. The predicted octanol–water partition coefficient (Wildman–Crippen LogP) is 4.06. The van der Waals surface area contributed by atoms with Crippen molar-refractivity contribution in [2.45, 2.75) is 19.6 Å². The van der Waals surface area contributed by atoms with Gasteiger partial charge in [-0.1, -0.05) is 54.6 Å². The Bertz CT molecular complexity index is 952. The Labute approximate surface area is 164 Å². The van der Waals surface area contributed by atoms with Crippen LogP contribution in [-0.4, -0.2) is 12.0 Å². The minimum Gasteiger partial charge on any atom is -0.481 e. The number of hydrogen-bond acceptors (Lipinski definition) is 4. The van der Waals surface area contributed by atoms with E-state index in [1.165, 1.54) is 0 Å². The minimum absolute atomic E-state index is 0.276. The number of carbonyl (C=O) groups is 1. The number of benzene rings is 3. The zero-order chi connectivity index (χ0) is 19.8. The molecule has 0 spiro atoms. The fourth-order valence-electron chi connectivity index (χ4n) is 2.69. The lowest BCUT2D eigenvalue weighted by Crippen LogP contribution is -2.47. The fourth-order valence-corrected chi connectivity index (χ4v) is 2.69. The molecular formula is C23H21N3O2. The number of nitrogens with zero attached hydrogens (tertiary/aromatic N) is 2. The van der Waals surface area contributed by atoms with Crippen molar-refractivity contribution in [1.82, 2.24) is 5.43 Å². The van der Waals surface area contributed by atoms with E-state index < -0.39 is 6.10 Å². The molecule has 1 amide bonds. The Hall–Kier alpha value is -3.78. The first-order valence-corrected chi connectivity index (χ1v) is 8.99. The quantitative estimate of drug-likeness (QED) is 0.636. The molecule has 0 aromatic heterocycles. The topological polar surface area (TPSA) is 65.4 Å². The van der Waals surface area contributed by atoms with Crippen LogP contribution in [0.2, 0.25) is 0 Å². The lowest BCUT2D eigenvalue weighted by molar-refractivity contribution is -0.127. The zero-order valence-corrected chi connectivity index (χ0v) is 15.6. The second-order valence-corrected chi connectivity index (χ2v) is 6.28. The van der Waals surface area contributed by atoms with Gasteiger partial charge in [0.2, 0.25) is 0 Å². The number of nitriles is 1. The monoisotopic (exact) mass is 371 g/mol. The standard InChI is InChI=1S/C23H21N3O2/c1-18(28-22-14-8-11-20(15-22)16-24)23(27)25-26(21-12-6-3-7-13-21)17-19-9-4-2-5-10-19/h2-15,18H,17H2,1H3,(H,25,27). The molecule has 0 bridgehead atoms. The molecule has 140 valence electrons. The van der Waals surface area contributed by atoms with E-state index in [1.807, 2.05) is 60.7 Å². The maximum Gasteiger partial charge on any atom is 0.279 e. The number of amides is 1. The van der Waals surface area contributed by atoms with Gasteiger partial charge in [-0.25, -0.2) is 0 Å². The van der Waals surface area contributed by atoms with Crippen molar-refractivity contribution in [2.24, 2.45) is 0 Å². The predicted molar refractivity (Wildman–Crippen MR) is 108 cm³/mol. The Morgan fingerprint density at radius 1 is 1.04 bits per heavy atom. The van der Waals surface area contributed by atoms with E-state index >= 15 is 0 Å². The van der Waals surface area contributed by atoms with Crippen LogP contribution in [0.3, 0.4) is 0 Å². The summed E-state index contributed by atoms with van der Waals surface area (Å²) in [4.78, 5) is 12.7. The van der Waals surface area contributed by atoms with Crippen LogP contribution in [0, 0.1) is 11.3 Å². The molecule has 0 radical (unpaired) electrons. The molecule has 1 atom stereocenters. The van der Waals surface area contributed by atoms with E-state index in [0.717, 1.165) is 11.3 Å². The molecule has 5 nitrogen and oxygen atoms in total. The van der Waals surface area contributed by atoms with Crippen molar-refractivity contribution in [3.63, 3.8) is 0 Å². The number of hydrogen-bond donors (Lipinski definition) is 1. The Morgan fingerprint density at radius 2 is 1.71 bits per heavy atom. The average molecular weight is 371 g/mol. The molecular weight excluding hydrogens is 350 g/mol. The Balaban J connectivity index is 1.72. The molecule has 3 rings (SSSR count). The van der Waals surface area contributed by atoms with Crippen molar-refractivity contribution in [2.75, 3.05) is 5.01 Å². The van der Waals surface area contributed by atoms with Gasteiger partial charge in [0, 0.05) is 0 Å². The second-order valence-electron chi connectivity index (χ2n) is 6.28. The number of nitrogens with one attached hydrogen (secondary N) is 1. The van der Waals surface area contributed by atoms with E-state index in [9.17, 15) is 4.79 Å². The molecule has 5 heteroatoms. The van der Waals surface area contributed by atoms with Gasteiger partial charge in [0.25, 0.3) is 5.91 Å². The molecule has 0 aliphatic heterocycles. The number of para-hydroxylation sites is 1. The van der Waals surface area contributed by atoms with Gasteiger partial charge >= 0.3 is 0 Å². The van der Waals surface area contributed by atoms with Crippen molar-refractivity contribution in [3.05, 3.63) is 96.1 Å². The highest BCUT2D eigenvalue weighted by atomic mass is 16.5. The molecule has 1 N–H and O–H groups in total. The van der Waals surface area contributed by atoms with E-state index in [-0.39, 0.29) is 5.91 Å². The van der Waals surface area contributed by atoms with Crippen molar-refractivity contribution < 1.29 is 9.53 Å². The summed E-state index contributed by atoms with van der Waals surface area (Å²) in [7, 11) is 0. The van der Waals surface area contributed by atoms with Crippen LogP contribution in [0.15, 0.2) is 84.9 Å². The lowest BCUT2D eigenvalue weighted by atomic mass is 10.2. The molecule has 3 aromatic rings. The second kappa shape index (κ2) is 9.24. The summed E-state index contributed by atoms with van der Waals surface area (Å²) in [6.45, 7) is 2.20. The molecule has 1 unspecified atom stereocenters. The summed E-state index contributed by atoms with van der Waals surface area (Å²) < 4.78 is 5.72. The van der Waals surface area contributed by atoms with Crippen molar-refractivity contribution in [3.8, 4) is 11.8 Å². The van der Waals surface area contributed by atoms with Gasteiger partial charge in [0.05, 0.1) is 23.9 Å². The average Bonchev–Trinajstić information content (AvgIpc) is 2.74. The van der Waals surface area contributed by atoms with Gasteiger partial charge in [0.1, 0.15) is 5.75 Å². The maximum atomic E-state index is 12.7. The Morgan fingerprint density at radius 3 is 2.39 bits per heavy atom. The number of hydrazine groups is 1. The normalized spacial score (nSPS) is 11.1. The van der Waals surface area contributed by atoms with E-state index in [1.54, 1.807) is 36.2 Å². The molecule has 3 aromatic carbocycles. The molecule has 0 fully saturated rings. The smallest absolute Gasteiger partial charge is 0.279 e. The Kier molecular flexibility index (Phi) is 6.27. The van der Waals surface area contributed by atoms with Crippen LogP contribution in [0.25, 0.3) is 0 Å². The highest BCUT2D eigenvalue weighted by molar-refractivity contribution is 5.82. The van der Waals surface area contributed by atoms with Crippen LogP contribution < -0.4 is 15.2 Å². The van der Waals surface area contributed by atoms with E-state index in [2.05, 4.69) is 11.5 Å². The number of rotatable bonds is 7. The number of carbonyl (C=O) groups excluding carboxylic acids is 1. The van der Waals surface area contributed by atoms with Gasteiger partial charge in [-0.3, -0.25) is 15.2 Å². The van der Waals surface area contributed by atoms with E-state index in [4.69, 9.17) is 10.00 Å². The molecule has 0 saturated heterocycles. The van der Waals surface area contributed by atoms with Gasteiger partial charge in [-0.2, -0.15) is 5.26 Å². The third-order valence-corrected chi connectivity index (χ3v) is 4.14. The largest absolute Gasteiger partial charge is 0.481 e. The first kappa shape index (κ1) is 19.0. The molecule has 0 aliphatic carbocycles. The SMILES string of the molecule is CC(Oc1cccc(C#N)c1)C(=O)NN(Cc1ccccc1)c1ccccc1. The maximum absolute atomic E-state index is 12.7. The highest BCUT2D eigenvalue weighted by Crippen LogP contribution is 2.17. The number of ether oxygens (including phenoxy) is 1. The molecule has 0 saturated carbocycles. The van der Waals surface area contributed by atoms with Crippen LogP contribution >= 0.6 is 0 Å². The van der Waals surface area contributed by atoms with Crippen molar-refractivity contribution >= 4 is 11.6 Å². The van der Waals surface area contributed by atoms with Crippen LogP contribution in [0.4, 0.5) is 5.69 Å². The van der Waals surface area contributed by atoms with Crippen LogP contribution in [0.1, 0.15) is 18.1 Å². The summed E-state index contributed by atoms with van der Waals surface area (Å²) in [5, 5.41) is 10.8. The number of anilines is 1.